The highest BCUT2D eigenvalue weighted by Crippen LogP contribution is 2.53. The molecule has 1 aromatic rings. The standard InChI is InChI=1S/C17H17BrO5/c1-10-8-17(15(20)22-2,16(21)23-3)14(13(10)9-19)11-4-6-12(18)7-5-11/h4-7,9,14H,8H2,1-3H3/t14-/m0/s1. The maximum Gasteiger partial charge on any atom is 0.324 e. The predicted octanol–water partition coefficient (Wildman–Crippen LogP) is 2.78. The summed E-state index contributed by atoms with van der Waals surface area (Å²) < 4.78 is 10.6. The molecule has 0 amide bonds. The van der Waals surface area contributed by atoms with Crippen LogP contribution in [0.5, 0.6) is 0 Å². The predicted molar refractivity (Wildman–Crippen MR) is 86.7 cm³/mol. The minimum Gasteiger partial charge on any atom is -0.468 e. The molecule has 2 rings (SSSR count). The van der Waals surface area contributed by atoms with Crippen LogP contribution in [-0.2, 0) is 23.9 Å². The molecule has 1 atom stereocenters. The molecule has 0 bridgehead atoms. The van der Waals surface area contributed by atoms with Crippen LogP contribution in [-0.4, -0.2) is 32.4 Å². The molecule has 122 valence electrons. The molecule has 0 N–H and O–H groups in total. The lowest BCUT2D eigenvalue weighted by atomic mass is 9.71. The molecule has 1 aliphatic carbocycles. The van der Waals surface area contributed by atoms with Crippen LogP contribution < -0.4 is 0 Å². The van der Waals surface area contributed by atoms with E-state index < -0.39 is 23.3 Å². The van der Waals surface area contributed by atoms with Crippen molar-refractivity contribution in [2.75, 3.05) is 14.2 Å². The van der Waals surface area contributed by atoms with Gasteiger partial charge in [-0.15, -0.1) is 0 Å². The summed E-state index contributed by atoms with van der Waals surface area (Å²) >= 11 is 3.35. The molecule has 0 aromatic heterocycles. The van der Waals surface area contributed by atoms with Gasteiger partial charge in [0.1, 0.15) is 6.29 Å². The van der Waals surface area contributed by atoms with Gasteiger partial charge in [-0.3, -0.25) is 14.4 Å². The SMILES string of the molecule is COC(=O)C1(C(=O)OC)CC(C)=C(C=O)[C@@H]1c1ccc(Br)cc1. The van der Waals surface area contributed by atoms with Gasteiger partial charge in [0, 0.05) is 16.0 Å². The zero-order chi connectivity index (χ0) is 17.2. The van der Waals surface area contributed by atoms with Crippen molar-refractivity contribution in [2.24, 2.45) is 5.41 Å². The van der Waals surface area contributed by atoms with Crippen LogP contribution in [0.25, 0.3) is 0 Å². The highest BCUT2D eigenvalue weighted by molar-refractivity contribution is 9.10. The monoisotopic (exact) mass is 380 g/mol. The van der Waals surface area contributed by atoms with Gasteiger partial charge in [0.05, 0.1) is 14.2 Å². The first-order valence-electron chi connectivity index (χ1n) is 6.99. The highest BCUT2D eigenvalue weighted by atomic mass is 79.9. The molecule has 0 fully saturated rings. The minimum atomic E-state index is -1.57. The number of hydrogen-bond acceptors (Lipinski definition) is 5. The second kappa shape index (κ2) is 6.66. The van der Waals surface area contributed by atoms with Crippen molar-refractivity contribution in [1.82, 2.24) is 0 Å². The third-order valence-electron chi connectivity index (χ3n) is 4.27. The molecule has 0 saturated heterocycles. The summed E-state index contributed by atoms with van der Waals surface area (Å²) in [6.45, 7) is 1.74. The normalized spacial score (nSPS) is 19.4. The zero-order valence-corrected chi connectivity index (χ0v) is 14.7. The van der Waals surface area contributed by atoms with Gasteiger partial charge in [-0.05, 0) is 31.0 Å². The lowest BCUT2D eigenvalue weighted by molar-refractivity contribution is -0.169. The molecular weight excluding hydrogens is 364 g/mol. The maximum absolute atomic E-state index is 12.5. The van der Waals surface area contributed by atoms with Gasteiger partial charge in [0.2, 0.25) is 0 Å². The third-order valence-corrected chi connectivity index (χ3v) is 4.80. The van der Waals surface area contributed by atoms with E-state index in [0.29, 0.717) is 23.0 Å². The number of carbonyl (C=O) groups is 3. The first kappa shape index (κ1) is 17.4. The average molecular weight is 381 g/mol. The van der Waals surface area contributed by atoms with Crippen molar-refractivity contribution in [2.45, 2.75) is 19.3 Å². The smallest absolute Gasteiger partial charge is 0.324 e. The summed E-state index contributed by atoms with van der Waals surface area (Å²) in [5, 5.41) is 0. The summed E-state index contributed by atoms with van der Waals surface area (Å²) in [6.07, 6.45) is 0.802. The Morgan fingerprint density at radius 3 is 2.13 bits per heavy atom. The van der Waals surface area contributed by atoms with Crippen LogP contribution >= 0.6 is 15.9 Å². The lowest BCUT2D eigenvalue weighted by Gasteiger charge is -2.31. The van der Waals surface area contributed by atoms with Crippen molar-refractivity contribution < 1.29 is 23.9 Å². The van der Waals surface area contributed by atoms with Gasteiger partial charge in [-0.2, -0.15) is 0 Å². The van der Waals surface area contributed by atoms with Gasteiger partial charge < -0.3 is 9.47 Å². The first-order chi connectivity index (χ1) is 10.9. The molecule has 6 heteroatoms. The number of halogens is 1. The Balaban J connectivity index is 2.70. The molecule has 1 aromatic carbocycles. The van der Waals surface area contributed by atoms with Gasteiger partial charge in [0.25, 0.3) is 0 Å². The van der Waals surface area contributed by atoms with E-state index in [-0.39, 0.29) is 6.42 Å². The Bertz CT molecular complexity index is 659. The van der Waals surface area contributed by atoms with Crippen LogP contribution in [0.3, 0.4) is 0 Å². The second-order valence-corrected chi connectivity index (χ2v) is 6.39. The van der Waals surface area contributed by atoms with Crippen LogP contribution in [0.2, 0.25) is 0 Å². The Kier molecular flexibility index (Phi) is 5.04. The molecule has 5 nitrogen and oxygen atoms in total. The summed E-state index contributed by atoms with van der Waals surface area (Å²) in [5.74, 6) is -2.13. The van der Waals surface area contributed by atoms with E-state index in [1.165, 1.54) is 14.2 Å². The summed E-state index contributed by atoms with van der Waals surface area (Å²) in [6, 6.07) is 7.14. The topological polar surface area (TPSA) is 69.7 Å². The molecule has 0 heterocycles. The highest BCUT2D eigenvalue weighted by Gasteiger charge is 2.59. The number of carbonyl (C=O) groups excluding carboxylic acids is 3. The average Bonchev–Trinajstić information content (AvgIpc) is 2.87. The quantitative estimate of drug-likeness (QED) is 0.456. The van der Waals surface area contributed by atoms with Crippen LogP contribution in [0.4, 0.5) is 0 Å². The Hall–Kier alpha value is -1.95. The van der Waals surface area contributed by atoms with Crippen LogP contribution in [0.15, 0.2) is 39.9 Å². The number of methoxy groups -OCH3 is 2. The van der Waals surface area contributed by atoms with E-state index in [1.54, 1.807) is 31.2 Å². The van der Waals surface area contributed by atoms with E-state index in [4.69, 9.17) is 9.47 Å². The number of allylic oxidation sites excluding steroid dienone is 2. The molecule has 0 radical (unpaired) electrons. The number of benzene rings is 1. The Morgan fingerprint density at radius 2 is 1.70 bits per heavy atom. The summed E-state index contributed by atoms with van der Waals surface area (Å²) in [7, 11) is 2.44. The van der Waals surface area contributed by atoms with E-state index in [0.717, 1.165) is 4.47 Å². The molecule has 0 aliphatic heterocycles. The molecule has 23 heavy (non-hydrogen) atoms. The number of esters is 2. The van der Waals surface area contributed by atoms with Crippen molar-refractivity contribution in [1.29, 1.82) is 0 Å². The third kappa shape index (κ3) is 2.72. The first-order valence-corrected chi connectivity index (χ1v) is 7.78. The molecule has 0 spiro atoms. The van der Waals surface area contributed by atoms with Crippen molar-refractivity contribution in [3.63, 3.8) is 0 Å². The van der Waals surface area contributed by atoms with Gasteiger partial charge in [0.15, 0.2) is 5.41 Å². The van der Waals surface area contributed by atoms with Crippen LogP contribution in [0, 0.1) is 5.41 Å². The van der Waals surface area contributed by atoms with Crippen molar-refractivity contribution in [3.05, 3.63) is 45.4 Å². The Morgan fingerprint density at radius 1 is 1.17 bits per heavy atom. The van der Waals surface area contributed by atoms with E-state index in [2.05, 4.69) is 15.9 Å². The van der Waals surface area contributed by atoms with Crippen molar-refractivity contribution >= 4 is 34.2 Å². The van der Waals surface area contributed by atoms with Crippen molar-refractivity contribution in [3.8, 4) is 0 Å². The fraction of sp³-hybridized carbons (Fsp3) is 0.353. The van der Waals surface area contributed by atoms with Crippen LogP contribution in [0.1, 0.15) is 24.8 Å². The number of ether oxygens (including phenoxy) is 2. The number of hydrogen-bond donors (Lipinski definition) is 0. The molecule has 1 aliphatic rings. The zero-order valence-electron chi connectivity index (χ0n) is 13.1. The summed E-state index contributed by atoms with van der Waals surface area (Å²) in [5.41, 5.74) is 0.215. The molecular formula is C17H17BrO5. The largest absolute Gasteiger partial charge is 0.468 e. The van der Waals surface area contributed by atoms with Gasteiger partial charge >= 0.3 is 11.9 Å². The fourth-order valence-corrected chi connectivity index (χ4v) is 3.51. The van der Waals surface area contributed by atoms with Gasteiger partial charge in [-0.25, -0.2) is 0 Å². The maximum atomic E-state index is 12.5. The van der Waals surface area contributed by atoms with Gasteiger partial charge in [-0.1, -0.05) is 33.6 Å². The lowest BCUT2D eigenvalue weighted by Crippen LogP contribution is -2.44. The van der Waals surface area contributed by atoms with E-state index in [9.17, 15) is 14.4 Å². The second-order valence-electron chi connectivity index (χ2n) is 5.47. The Labute approximate surface area is 142 Å². The minimum absolute atomic E-state index is 0.0984. The van der Waals surface area contributed by atoms with E-state index in [1.807, 2.05) is 0 Å². The summed E-state index contributed by atoms with van der Waals surface area (Å²) in [4.78, 5) is 36.6. The van der Waals surface area contributed by atoms with E-state index >= 15 is 0 Å². The number of aldehydes is 1. The molecule has 0 saturated carbocycles. The number of rotatable bonds is 4. The fourth-order valence-electron chi connectivity index (χ4n) is 3.25. The molecule has 0 unspecified atom stereocenters.